The van der Waals surface area contributed by atoms with E-state index in [1.54, 1.807) is 7.11 Å². The Balaban J connectivity index is 2.65. The number of hydrogen-bond acceptors (Lipinski definition) is 2. The van der Waals surface area contributed by atoms with Crippen LogP contribution in [0, 0.1) is 0 Å². The second kappa shape index (κ2) is 7.13. The molecule has 0 spiro atoms. The van der Waals surface area contributed by atoms with Crippen molar-refractivity contribution < 1.29 is 4.74 Å². The van der Waals surface area contributed by atoms with Crippen molar-refractivity contribution in [3.63, 3.8) is 0 Å². The van der Waals surface area contributed by atoms with Gasteiger partial charge in [-0.1, -0.05) is 30.7 Å². The van der Waals surface area contributed by atoms with Gasteiger partial charge in [0, 0.05) is 6.04 Å². The highest BCUT2D eigenvalue weighted by atomic mass is 16.5. The van der Waals surface area contributed by atoms with E-state index in [0.29, 0.717) is 6.04 Å². The lowest BCUT2D eigenvalue weighted by molar-refractivity contribution is 0.415. The Morgan fingerprint density at radius 2 is 2.00 bits per heavy atom. The molecule has 2 nitrogen and oxygen atoms in total. The largest absolute Gasteiger partial charge is 0.497 e. The topological polar surface area (TPSA) is 21.3 Å². The molecule has 0 radical (unpaired) electrons. The van der Waals surface area contributed by atoms with Crippen LogP contribution in [0.15, 0.2) is 29.8 Å². The van der Waals surface area contributed by atoms with Crippen LogP contribution in [0.4, 0.5) is 0 Å². The van der Waals surface area contributed by atoms with E-state index in [4.69, 9.17) is 4.74 Å². The fourth-order valence-corrected chi connectivity index (χ4v) is 1.61. The average Bonchev–Trinajstić information content (AvgIpc) is 2.36. The molecule has 0 saturated carbocycles. The zero-order valence-electron chi connectivity index (χ0n) is 11.3. The van der Waals surface area contributed by atoms with Gasteiger partial charge in [0.2, 0.25) is 0 Å². The fourth-order valence-electron chi connectivity index (χ4n) is 1.61. The normalized spacial score (nSPS) is 13.5. The van der Waals surface area contributed by atoms with E-state index in [9.17, 15) is 0 Å². The number of ether oxygens (including phenoxy) is 1. The van der Waals surface area contributed by atoms with Crippen molar-refractivity contribution >= 4 is 6.08 Å². The maximum absolute atomic E-state index is 5.14. The zero-order chi connectivity index (χ0) is 12.7. The predicted octanol–water partition coefficient (Wildman–Crippen LogP) is 3.49. The Kier molecular flexibility index (Phi) is 5.78. The first-order chi connectivity index (χ1) is 8.17. The van der Waals surface area contributed by atoms with Crippen LogP contribution in [-0.2, 0) is 0 Å². The molecule has 0 aliphatic heterocycles. The zero-order valence-corrected chi connectivity index (χ0v) is 11.3. The van der Waals surface area contributed by atoms with Gasteiger partial charge in [0.25, 0.3) is 0 Å². The highest BCUT2D eigenvalue weighted by Crippen LogP contribution is 2.15. The first-order valence-corrected chi connectivity index (χ1v) is 6.23. The van der Waals surface area contributed by atoms with Gasteiger partial charge < -0.3 is 10.1 Å². The summed E-state index contributed by atoms with van der Waals surface area (Å²) in [6, 6.07) is 8.56. The van der Waals surface area contributed by atoms with Crippen LogP contribution >= 0.6 is 0 Å². The Bertz CT molecular complexity index is 354. The van der Waals surface area contributed by atoms with Crippen molar-refractivity contribution in [3.8, 4) is 5.75 Å². The number of nitrogens with one attached hydrogen (secondary N) is 1. The van der Waals surface area contributed by atoms with Crippen LogP contribution in [0.1, 0.15) is 32.8 Å². The van der Waals surface area contributed by atoms with Crippen LogP contribution in [0.25, 0.3) is 6.08 Å². The molecule has 1 N–H and O–H groups in total. The molecule has 0 aliphatic rings. The third kappa shape index (κ3) is 4.61. The Hall–Kier alpha value is -1.28. The SMILES string of the molecule is CCCNC(C)/C(C)=C/c1ccc(OC)cc1. The summed E-state index contributed by atoms with van der Waals surface area (Å²) in [7, 11) is 1.69. The van der Waals surface area contributed by atoms with Gasteiger partial charge in [0.15, 0.2) is 0 Å². The molecule has 1 unspecified atom stereocenters. The lowest BCUT2D eigenvalue weighted by Crippen LogP contribution is -2.27. The molecule has 0 heterocycles. The summed E-state index contributed by atoms with van der Waals surface area (Å²) in [4.78, 5) is 0. The van der Waals surface area contributed by atoms with Gasteiger partial charge in [0.05, 0.1) is 7.11 Å². The molecular weight excluding hydrogens is 210 g/mol. The first kappa shape index (κ1) is 13.8. The van der Waals surface area contributed by atoms with Gasteiger partial charge in [-0.25, -0.2) is 0 Å². The van der Waals surface area contributed by atoms with E-state index in [1.807, 2.05) is 12.1 Å². The first-order valence-electron chi connectivity index (χ1n) is 6.23. The maximum Gasteiger partial charge on any atom is 0.118 e. The van der Waals surface area contributed by atoms with Crippen LogP contribution in [-0.4, -0.2) is 19.7 Å². The van der Waals surface area contributed by atoms with Gasteiger partial charge in [-0.3, -0.25) is 0 Å². The number of methoxy groups -OCH3 is 1. The highest BCUT2D eigenvalue weighted by Gasteiger charge is 2.02. The lowest BCUT2D eigenvalue weighted by atomic mass is 10.1. The van der Waals surface area contributed by atoms with Gasteiger partial charge in [-0.15, -0.1) is 0 Å². The lowest BCUT2D eigenvalue weighted by Gasteiger charge is -2.14. The molecule has 1 rings (SSSR count). The van der Waals surface area contributed by atoms with Gasteiger partial charge in [-0.2, -0.15) is 0 Å². The molecule has 0 aliphatic carbocycles. The molecule has 1 aromatic carbocycles. The van der Waals surface area contributed by atoms with Crippen LogP contribution < -0.4 is 10.1 Å². The summed E-state index contributed by atoms with van der Waals surface area (Å²) in [6.07, 6.45) is 3.38. The fraction of sp³-hybridized carbons (Fsp3) is 0.467. The molecular formula is C15H23NO. The third-order valence-corrected chi connectivity index (χ3v) is 2.89. The number of rotatable bonds is 6. The summed E-state index contributed by atoms with van der Waals surface area (Å²) < 4.78 is 5.14. The molecule has 0 amide bonds. The number of benzene rings is 1. The van der Waals surface area contributed by atoms with E-state index in [1.165, 1.54) is 17.6 Å². The molecule has 0 bridgehead atoms. The quantitative estimate of drug-likeness (QED) is 0.812. The average molecular weight is 233 g/mol. The van der Waals surface area contributed by atoms with Crippen LogP contribution in [0.5, 0.6) is 5.75 Å². The van der Waals surface area contributed by atoms with Gasteiger partial charge >= 0.3 is 0 Å². The molecule has 17 heavy (non-hydrogen) atoms. The molecule has 0 fully saturated rings. The van der Waals surface area contributed by atoms with Crippen LogP contribution in [0.3, 0.4) is 0 Å². The van der Waals surface area contributed by atoms with Crippen molar-refractivity contribution in [1.82, 2.24) is 5.32 Å². The third-order valence-electron chi connectivity index (χ3n) is 2.89. The molecule has 0 saturated heterocycles. The highest BCUT2D eigenvalue weighted by molar-refractivity contribution is 5.54. The molecule has 2 heteroatoms. The van der Waals surface area contributed by atoms with E-state index in [-0.39, 0.29) is 0 Å². The minimum absolute atomic E-state index is 0.428. The monoisotopic (exact) mass is 233 g/mol. The van der Waals surface area contributed by atoms with Crippen molar-refractivity contribution in [3.05, 3.63) is 35.4 Å². The summed E-state index contributed by atoms with van der Waals surface area (Å²) >= 11 is 0. The van der Waals surface area contributed by atoms with Crippen molar-refractivity contribution in [2.75, 3.05) is 13.7 Å². The Morgan fingerprint density at radius 1 is 1.35 bits per heavy atom. The summed E-state index contributed by atoms with van der Waals surface area (Å²) in [5, 5.41) is 3.48. The molecule has 94 valence electrons. The van der Waals surface area contributed by atoms with E-state index >= 15 is 0 Å². The Labute approximate surface area is 105 Å². The van der Waals surface area contributed by atoms with Crippen LogP contribution in [0.2, 0.25) is 0 Å². The van der Waals surface area contributed by atoms with E-state index in [0.717, 1.165) is 12.3 Å². The minimum Gasteiger partial charge on any atom is -0.497 e. The minimum atomic E-state index is 0.428. The molecule has 0 aromatic heterocycles. The summed E-state index contributed by atoms with van der Waals surface area (Å²) in [6.45, 7) is 7.61. The Morgan fingerprint density at radius 3 is 2.53 bits per heavy atom. The van der Waals surface area contributed by atoms with Crippen molar-refractivity contribution in [2.24, 2.45) is 0 Å². The molecule has 1 aromatic rings. The second-order valence-electron chi connectivity index (χ2n) is 4.34. The van der Waals surface area contributed by atoms with Gasteiger partial charge in [0.1, 0.15) is 5.75 Å². The van der Waals surface area contributed by atoms with Crippen molar-refractivity contribution in [1.29, 1.82) is 0 Å². The standard InChI is InChI=1S/C15H23NO/c1-5-10-16-13(3)12(2)11-14-6-8-15(17-4)9-7-14/h6-9,11,13,16H,5,10H2,1-4H3/b12-11+. The molecule has 1 atom stereocenters. The summed E-state index contributed by atoms with van der Waals surface area (Å²) in [5.41, 5.74) is 2.57. The van der Waals surface area contributed by atoms with Gasteiger partial charge in [-0.05, 0) is 44.5 Å². The second-order valence-corrected chi connectivity index (χ2v) is 4.34. The van der Waals surface area contributed by atoms with E-state index < -0.39 is 0 Å². The smallest absolute Gasteiger partial charge is 0.118 e. The predicted molar refractivity (Wildman–Crippen MR) is 74.4 cm³/mol. The summed E-state index contributed by atoms with van der Waals surface area (Å²) in [5.74, 6) is 0.900. The van der Waals surface area contributed by atoms with E-state index in [2.05, 4.69) is 44.3 Å². The van der Waals surface area contributed by atoms with Crippen molar-refractivity contribution in [2.45, 2.75) is 33.2 Å². The number of hydrogen-bond donors (Lipinski definition) is 1. The maximum atomic E-state index is 5.14.